The smallest absolute Gasteiger partial charge is 0.293 e. The molecule has 0 saturated carbocycles. The first-order chi connectivity index (χ1) is 8.00. The monoisotopic (exact) mass is 236 g/mol. The maximum Gasteiger partial charge on any atom is 0.293 e. The second-order valence-electron chi connectivity index (χ2n) is 5.10. The van der Waals surface area contributed by atoms with Gasteiger partial charge in [0.2, 0.25) is 0 Å². The highest BCUT2D eigenvalue weighted by molar-refractivity contribution is 5.38. The lowest BCUT2D eigenvalue weighted by Crippen LogP contribution is -2.34. The molecule has 1 aromatic rings. The summed E-state index contributed by atoms with van der Waals surface area (Å²) in [5.74, 6) is 0.935. The first kappa shape index (κ1) is 12.1. The number of hydrogen-bond donors (Lipinski definition) is 1. The van der Waals surface area contributed by atoms with Crippen LogP contribution in [0.25, 0.3) is 0 Å². The first-order valence-corrected chi connectivity index (χ1v) is 6.08. The van der Waals surface area contributed by atoms with Crippen LogP contribution < -0.4 is 16.2 Å². The van der Waals surface area contributed by atoms with Crippen molar-refractivity contribution >= 4 is 5.82 Å². The van der Waals surface area contributed by atoms with Crippen LogP contribution in [0.2, 0.25) is 0 Å². The number of anilines is 1. The molecule has 1 saturated heterocycles. The van der Waals surface area contributed by atoms with Crippen LogP contribution in [0.4, 0.5) is 5.82 Å². The zero-order valence-corrected chi connectivity index (χ0v) is 10.6. The van der Waals surface area contributed by atoms with Crippen molar-refractivity contribution < 1.29 is 0 Å². The Bertz CT molecular complexity index is 444. The number of aromatic nitrogens is 2. The average molecular weight is 236 g/mol. The van der Waals surface area contributed by atoms with Gasteiger partial charge in [-0.15, -0.1) is 0 Å². The lowest BCUT2D eigenvalue weighted by Gasteiger charge is -2.18. The lowest BCUT2D eigenvalue weighted by atomic mass is 10.1. The van der Waals surface area contributed by atoms with E-state index >= 15 is 0 Å². The maximum atomic E-state index is 12.2. The van der Waals surface area contributed by atoms with Gasteiger partial charge in [-0.05, 0) is 19.8 Å². The van der Waals surface area contributed by atoms with Crippen molar-refractivity contribution in [3.05, 3.63) is 22.7 Å². The first-order valence-electron chi connectivity index (χ1n) is 6.08. The fraction of sp³-hybridized carbons (Fsp3) is 0.667. The molecule has 0 spiro atoms. The Morgan fingerprint density at radius 1 is 1.47 bits per heavy atom. The minimum absolute atomic E-state index is 0.0243. The van der Waals surface area contributed by atoms with E-state index in [0.717, 1.165) is 6.54 Å². The molecule has 0 radical (unpaired) electrons. The van der Waals surface area contributed by atoms with Gasteiger partial charge in [0.15, 0.2) is 5.82 Å². The van der Waals surface area contributed by atoms with Crippen LogP contribution >= 0.6 is 0 Å². The number of nitrogens with two attached hydrogens (primary N) is 1. The molecular weight excluding hydrogens is 216 g/mol. The predicted molar refractivity (Wildman–Crippen MR) is 68.2 cm³/mol. The molecule has 2 unspecified atom stereocenters. The summed E-state index contributed by atoms with van der Waals surface area (Å²) in [5, 5.41) is 0. The largest absolute Gasteiger partial charge is 0.350 e. The third-order valence-corrected chi connectivity index (χ3v) is 3.38. The van der Waals surface area contributed by atoms with E-state index in [4.69, 9.17) is 5.73 Å². The van der Waals surface area contributed by atoms with Crippen molar-refractivity contribution in [1.29, 1.82) is 0 Å². The minimum Gasteiger partial charge on any atom is -0.350 e. The zero-order chi connectivity index (χ0) is 12.6. The van der Waals surface area contributed by atoms with Crippen LogP contribution in [0, 0.1) is 5.92 Å². The van der Waals surface area contributed by atoms with Crippen molar-refractivity contribution in [2.75, 3.05) is 18.0 Å². The SMILES string of the molecule is CC1CN(c2nccn(C(C)C)c2=O)CC1N. The number of nitrogens with zero attached hydrogens (tertiary/aromatic N) is 3. The Morgan fingerprint density at radius 3 is 2.71 bits per heavy atom. The Labute approximate surface area is 101 Å². The summed E-state index contributed by atoms with van der Waals surface area (Å²) in [4.78, 5) is 18.4. The average Bonchev–Trinajstić information content (AvgIpc) is 2.59. The molecule has 17 heavy (non-hydrogen) atoms. The van der Waals surface area contributed by atoms with Gasteiger partial charge in [-0.25, -0.2) is 4.98 Å². The van der Waals surface area contributed by atoms with Crippen LogP contribution in [0.3, 0.4) is 0 Å². The van der Waals surface area contributed by atoms with Crippen molar-refractivity contribution in [3.8, 4) is 0 Å². The molecule has 1 fully saturated rings. The molecule has 2 N–H and O–H groups in total. The van der Waals surface area contributed by atoms with Crippen molar-refractivity contribution in [2.45, 2.75) is 32.9 Å². The topological polar surface area (TPSA) is 64.2 Å². The van der Waals surface area contributed by atoms with E-state index in [1.807, 2.05) is 18.7 Å². The molecule has 2 heterocycles. The van der Waals surface area contributed by atoms with Gasteiger partial charge >= 0.3 is 0 Å². The summed E-state index contributed by atoms with van der Waals surface area (Å²) in [5.41, 5.74) is 5.95. The van der Waals surface area contributed by atoms with E-state index in [0.29, 0.717) is 18.3 Å². The third-order valence-electron chi connectivity index (χ3n) is 3.38. The molecule has 2 atom stereocenters. The molecule has 0 aliphatic carbocycles. The molecular formula is C12H20N4O. The molecule has 5 nitrogen and oxygen atoms in total. The lowest BCUT2D eigenvalue weighted by molar-refractivity contribution is 0.565. The van der Waals surface area contributed by atoms with Crippen LogP contribution in [0.5, 0.6) is 0 Å². The molecule has 0 amide bonds. The van der Waals surface area contributed by atoms with E-state index in [1.165, 1.54) is 0 Å². The van der Waals surface area contributed by atoms with Gasteiger partial charge in [0.25, 0.3) is 5.56 Å². The Morgan fingerprint density at radius 2 is 2.18 bits per heavy atom. The van der Waals surface area contributed by atoms with Gasteiger partial charge in [-0.1, -0.05) is 6.92 Å². The van der Waals surface area contributed by atoms with Gasteiger partial charge in [-0.3, -0.25) is 4.79 Å². The summed E-state index contributed by atoms with van der Waals surface area (Å²) < 4.78 is 1.71. The van der Waals surface area contributed by atoms with Crippen molar-refractivity contribution in [1.82, 2.24) is 9.55 Å². The normalized spacial score (nSPS) is 24.6. The van der Waals surface area contributed by atoms with Crippen molar-refractivity contribution in [2.24, 2.45) is 11.7 Å². The molecule has 5 heteroatoms. The second-order valence-corrected chi connectivity index (χ2v) is 5.10. The summed E-state index contributed by atoms with van der Waals surface area (Å²) in [6.45, 7) is 7.61. The zero-order valence-electron chi connectivity index (χ0n) is 10.6. The standard InChI is InChI=1S/C12H20N4O/c1-8(2)16-5-4-14-11(12(16)17)15-6-9(3)10(13)7-15/h4-5,8-10H,6-7,13H2,1-3H3. The van der Waals surface area contributed by atoms with E-state index < -0.39 is 0 Å². The molecule has 2 rings (SSSR count). The fourth-order valence-electron chi connectivity index (χ4n) is 2.20. The summed E-state index contributed by atoms with van der Waals surface area (Å²) in [6.07, 6.45) is 3.42. The van der Waals surface area contributed by atoms with Crippen molar-refractivity contribution in [3.63, 3.8) is 0 Å². The molecule has 0 aromatic carbocycles. The van der Waals surface area contributed by atoms with Gasteiger partial charge in [0.05, 0.1) is 0 Å². The van der Waals surface area contributed by atoms with Crippen LogP contribution in [0.15, 0.2) is 17.2 Å². The fourth-order valence-corrected chi connectivity index (χ4v) is 2.20. The summed E-state index contributed by atoms with van der Waals surface area (Å²) in [6, 6.07) is 0.279. The minimum atomic E-state index is -0.0243. The highest BCUT2D eigenvalue weighted by Gasteiger charge is 2.29. The second kappa shape index (κ2) is 4.49. The summed E-state index contributed by atoms with van der Waals surface area (Å²) in [7, 11) is 0. The van der Waals surface area contributed by atoms with E-state index in [9.17, 15) is 4.79 Å². The highest BCUT2D eigenvalue weighted by Crippen LogP contribution is 2.18. The Balaban J connectivity index is 2.34. The summed E-state index contributed by atoms with van der Waals surface area (Å²) >= 11 is 0. The quantitative estimate of drug-likeness (QED) is 0.817. The van der Waals surface area contributed by atoms with Gasteiger partial charge in [0, 0.05) is 37.6 Å². The van der Waals surface area contributed by atoms with E-state index in [2.05, 4.69) is 11.9 Å². The van der Waals surface area contributed by atoms with E-state index in [-0.39, 0.29) is 17.6 Å². The van der Waals surface area contributed by atoms with Gasteiger partial charge < -0.3 is 15.2 Å². The third kappa shape index (κ3) is 2.20. The molecule has 1 aliphatic heterocycles. The Kier molecular flexibility index (Phi) is 3.19. The number of rotatable bonds is 2. The van der Waals surface area contributed by atoms with Gasteiger partial charge in [0.1, 0.15) is 0 Å². The van der Waals surface area contributed by atoms with Gasteiger partial charge in [-0.2, -0.15) is 0 Å². The van der Waals surface area contributed by atoms with Crippen LogP contribution in [0.1, 0.15) is 26.8 Å². The van der Waals surface area contributed by atoms with E-state index in [1.54, 1.807) is 17.0 Å². The number of hydrogen-bond acceptors (Lipinski definition) is 4. The maximum absolute atomic E-state index is 12.2. The van der Waals surface area contributed by atoms with Crippen LogP contribution in [-0.4, -0.2) is 28.7 Å². The molecule has 1 aromatic heterocycles. The highest BCUT2D eigenvalue weighted by atomic mass is 16.1. The molecule has 1 aliphatic rings. The van der Waals surface area contributed by atoms with Crippen LogP contribution in [-0.2, 0) is 0 Å². The molecule has 0 bridgehead atoms. The Hall–Kier alpha value is -1.36. The molecule has 94 valence electrons. The predicted octanol–water partition coefficient (Wildman–Crippen LogP) is 0.608.